The van der Waals surface area contributed by atoms with E-state index in [-0.39, 0.29) is 12.5 Å². The molecule has 5 nitrogen and oxygen atoms in total. The second-order valence-corrected chi connectivity index (χ2v) is 3.51. The van der Waals surface area contributed by atoms with Crippen LogP contribution in [0.2, 0.25) is 0 Å². The summed E-state index contributed by atoms with van der Waals surface area (Å²) in [5.41, 5.74) is 0. The monoisotopic (exact) mass is 215 g/mol. The zero-order chi connectivity index (χ0) is 10.6. The van der Waals surface area contributed by atoms with E-state index in [9.17, 15) is 4.79 Å². The molecule has 0 saturated carbocycles. The zero-order valence-corrected chi connectivity index (χ0v) is 9.04. The van der Waals surface area contributed by atoms with Crippen LogP contribution in [0.4, 0.5) is 0 Å². The highest BCUT2D eigenvalue weighted by Gasteiger charge is 2.17. The number of hydrogen-bond donors (Lipinski definition) is 1. The van der Waals surface area contributed by atoms with Crippen molar-refractivity contribution in [3.8, 4) is 0 Å². The van der Waals surface area contributed by atoms with E-state index in [1.807, 2.05) is 6.92 Å². The molecule has 0 spiro atoms. The number of rotatable bonds is 4. The molecule has 0 aliphatic rings. The number of amides is 1. The molecular formula is C8H13N3O2S. The molecule has 1 amide bonds. The molecule has 0 aliphatic carbocycles. The highest BCUT2D eigenvalue weighted by atomic mass is 32.1. The van der Waals surface area contributed by atoms with Gasteiger partial charge in [0.2, 0.25) is 5.01 Å². The van der Waals surface area contributed by atoms with Crippen LogP contribution in [-0.2, 0) is 0 Å². The van der Waals surface area contributed by atoms with Crippen molar-refractivity contribution >= 4 is 17.4 Å². The summed E-state index contributed by atoms with van der Waals surface area (Å²) in [5.74, 6) is 0.450. The van der Waals surface area contributed by atoms with Crippen LogP contribution in [0.3, 0.4) is 0 Å². The quantitative estimate of drug-likeness (QED) is 0.784. The third-order valence-electron chi connectivity index (χ3n) is 1.75. The molecule has 0 fully saturated rings. The van der Waals surface area contributed by atoms with Gasteiger partial charge in [-0.15, -0.1) is 0 Å². The number of aryl methyl sites for hydroxylation is 1. The molecule has 1 rings (SSSR count). The number of likely N-dealkylation sites (N-methyl/N-ethyl adjacent to an activating group) is 1. The fraction of sp³-hybridized carbons (Fsp3) is 0.625. The topological polar surface area (TPSA) is 66.3 Å². The minimum absolute atomic E-state index is 0.0304. The Bertz CT molecular complexity index is 313. The van der Waals surface area contributed by atoms with Gasteiger partial charge in [0, 0.05) is 13.1 Å². The largest absolute Gasteiger partial charge is 0.395 e. The van der Waals surface area contributed by atoms with Crippen LogP contribution in [0.1, 0.15) is 22.6 Å². The van der Waals surface area contributed by atoms with Crippen LogP contribution in [0, 0.1) is 6.92 Å². The minimum Gasteiger partial charge on any atom is -0.395 e. The summed E-state index contributed by atoms with van der Waals surface area (Å²) in [6, 6.07) is 0. The fourth-order valence-electron chi connectivity index (χ4n) is 1.04. The van der Waals surface area contributed by atoms with Gasteiger partial charge in [0.25, 0.3) is 5.91 Å². The van der Waals surface area contributed by atoms with Gasteiger partial charge in [0.1, 0.15) is 5.82 Å². The molecular weight excluding hydrogens is 202 g/mol. The van der Waals surface area contributed by atoms with Crippen molar-refractivity contribution in [1.29, 1.82) is 0 Å². The lowest BCUT2D eigenvalue weighted by molar-refractivity contribution is 0.0731. The van der Waals surface area contributed by atoms with Gasteiger partial charge in [-0.05, 0) is 25.4 Å². The Balaban J connectivity index is 2.72. The normalized spacial score (nSPS) is 10.2. The van der Waals surface area contributed by atoms with E-state index in [1.54, 1.807) is 11.8 Å². The predicted molar refractivity (Wildman–Crippen MR) is 53.3 cm³/mol. The van der Waals surface area contributed by atoms with Gasteiger partial charge in [-0.2, -0.15) is 4.37 Å². The van der Waals surface area contributed by atoms with Crippen molar-refractivity contribution in [2.24, 2.45) is 0 Å². The first-order valence-corrected chi connectivity index (χ1v) is 5.16. The van der Waals surface area contributed by atoms with Gasteiger partial charge in [0.05, 0.1) is 6.61 Å². The Morgan fingerprint density at radius 3 is 2.79 bits per heavy atom. The van der Waals surface area contributed by atoms with Crippen LogP contribution < -0.4 is 0 Å². The van der Waals surface area contributed by atoms with Crippen LogP contribution in [0.25, 0.3) is 0 Å². The maximum Gasteiger partial charge on any atom is 0.284 e. The second kappa shape index (κ2) is 5.02. The van der Waals surface area contributed by atoms with Crippen LogP contribution in [0.5, 0.6) is 0 Å². The molecule has 1 N–H and O–H groups in total. The van der Waals surface area contributed by atoms with E-state index >= 15 is 0 Å². The average molecular weight is 215 g/mol. The SMILES string of the molecule is CCN(CCO)C(=O)c1nc(C)ns1. The number of carbonyl (C=O) groups is 1. The van der Waals surface area contributed by atoms with Gasteiger partial charge in [-0.25, -0.2) is 4.98 Å². The summed E-state index contributed by atoms with van der Waals surface area (Å²) in [5, 5.41) is 9.13. The van der Waals surface area contributed by atoms with Gasteiger partial charge in [-0.3, -0.25) is 4.79 Å². The van der Waals surface area contributed by atoms with Gasteiger partial charge in [-0.1, -0.05) is 0 Å². The lowest BCUT2D eigenvalue weighted by atomic mass is 10.4. The molecule has 0 atom stereocenters. The van der Waals surface area contributed by atoms with E-state index in [1.165, 1.54) is 0 Å². The van der Waals surface area contributed by atoms with Crippen molar-refractivity contribution < 1.29 is 9.90 Å². The lowest BCUT2D eigenvalue weighted by Crippen LogP contribution is -2.33. The predicted octanol–water partition coefficient (Wildman–Crippen LogP) is 0.301. The number of aromatic nitrogens is 2. The van der Waals surface area contributed by atoms with E-state index in [0.29, 0.717) is 23.9 Å². The van der Waals surface area contributed by atoms with E-state index < -0.39 is 0 Å². The van der Waals surface area contributed by atoms with Crippen molar-refractivity contribution in [3.05, 3.63) is 10.8 Å². The number of nitrogens with zero attached hydrogens (tertiary/aromatic N) is 3. The molecule has 78 valence electrons. The first kappa shape index (κ1) is 11.1. The highest BCUT2D eigenvalue weighted by molar-refractivity contribution is 7.07. The summed E-state index contributed by atoms with van der Waals surface area (Å²) in [6.45, 7) is 4.49. The van der Waals surface area contributed by atoms with Gasteiger partial charge < -0.3 is 10.0 Å². The molecule has 0 unspecified atom stereocenters. The molecule has 1 aromatic rings. The average Bonchev–Trinajstić information content (AvgIpc) is 2.60. The third kappa shape index (κ3) is 2.49. The van der Waals surface area contributed by atoms with E-state index in [4.69, 9.17) is 5.11 Å². The van der Waals surface area contributed by atoms with Crippen LogP contribution >= 0.6 is 11.5 Å². The zero-order valence-electron chi connectivity index (χ0n) is 8.23. The minimum atomic E-state index is -0.160. The molecule has 6 heteroatoms. The Morgan fingerprint density at radius 2 is 2.36 bits per heavy atom. The Kier molecular flexibility index (Phi) is 3.97. The lowest BCUT2D eigenvalue weighted by Gasteiger charge is -2.17. The summed E-state index contributed by atoms with van der Waals surface area (Å²) in [6.07, 6.45) is 0. The molecule has 1 aromatic heterocycles. The number of carbonyl (C=O) groups excluding carboxylic acids is 1. The van der Waals surface area contributed by atoms with Crippen molar-refractivity contribution in [2.75, 3.05) is 19.7 Å². The maximum atomic E-state index is 11.7. The smallest absolute Gasteiger partial charge is 0.284 e. The number of hydrogen-bond acceptors (Lipinski definition) is 5. The molecule has 0 bridgehead atoms. The van der Waals surface area contributed by atoms with Gasteiger partial charge >= 0.3 is 0 Å². The molecule has 1 heterocycles. The fourth-order valence-corrected chi connectivity index (χ4v) is 1.68. The maximum absolute atomic E-state index is 11.7. The molecule has 0 radical (unpaired) electrons. The van der Waals surface area contributed by atoms with E-state index in [0.717, 1.165) is 11.5 Å². The second-order valence-electron chi connectivity index (χ2n) is 2.76. The number of aliphatic hydroxyl groups excluding tert-OH is 1. The first-order chi connectivity index (χ1) is 6.69. The van der Waals surface area contributed by atoms with E-state index in [2.05, 4.69) is 9.36 Å². The molecule has 0 aromatic carbocycles. The summed E-state index contributed by atoms with van der Waals surface area (Å²) >= 11 is 1.09. The Labute approximate surface area is 86.6 Å². The summed E-state index contributed by atoms with van der Waals surface area (Å²) in [4.78, 5) is 17.2. The van der Waals surface area contributed by atoms with Crippen molar-refractivity contribution in [1.82, 2.24) is 14.3 Å². The first-order valence-electron chi connectivity index (χ1n) is 4.39. The molecule has 0 saturated heterocycles. The third-order valence-corrected chi connectivity index (χ3v) is 2.54. The highest BCUT2D eigenvalue weighted by Crippen LogP contribution is 2.07. The standard InChI is InChI=1S/C8H13N3O2S/c1-3-11(4-5-12)8(13)7-9-6(2)10-14-7/h12H,3-5H2,1-2H3. The molecule has 14 heavy (non-hydrogen) atoms. The Morgan fingerprint density at radius 1 is 1.64 bits per heavy atom. The molecule has 0 aliphatic heterocycles. The van der Waals surface area contributed by atoms with Crippen LogP contribution in [-0.4, -0.2) is 45.0 Å². The Hall–Kier alpha value is -1.01. The summed E-state index contributed by atoms with van der Waals surface area (Å²) < 4.78 is 3.94. The van der Waals surface area contributed by atoms with Crippen molar-refractivity contribution in [2.45, 2.75) is 13.8 Å². The van der Waals surface area contributed by atoms with Crippen LogP contribution in [0.15, 0.2) is 0 Å². The summed E-state index contributed by atoms with van der Waals surface area (Å²) in [7, 11) is 0. The number of aliphatic hydroxyl groups is 1. The van der Waals surface area contributed by atoms with Gasteiger partial charge in [0.15, 0.2) is 0 Å². The van der Waals surface area contributed by atoms with Crippen molar-refractivity contribution in [3.63, 3.8) is 0 Å².